The number of methoxy groups -OCH3 is 2. The van der Waals surface area contributed by atoms with Gasteiger partial charge in [-0.3, -0.25) is 4.79 Å². The van der Waals surface area contributed by atoms with Crippen LogP contribution in [-0.4, -0.2) is 26.2 Å². The summed E-state index contributed by atoms with van der Waals surface area (Å²) in [7, 11) is 3.13. The molecule has 2 aromatic rings. The van der Waals surface area contributed by atoms with Gasteiger partial charge >= 0.3 is 0 Å². The van der Waals surface area contributed by atoms with Crippen molar-refractivity contribution in [2.24, 2.45) is 0 Å². The van der Waals surface area contributed by atoms with Crippen LogP contribution in [-0.2, 0) is 6.42 Å². The minimum atomic E-state index is -0.129. The minimum Gasteiger partial charge on any atom is -0.497 e. The predicted molar refractivity (Wildman–Crippen MR) is 98.9 cm³/mol. The van der Waals surface area contributed by atoms with Crippen LogP contribution < -0.4 is 14.8 Å². The highest BCUT2D eigenvalue weighted by atomic mass is 79.9. The lowest BCUT2D eigenvalue weighted by Crippen LogP contribution is -2.32. The lowest BCUT2D eigenvalue weighted by atomic mass is 10.1. The van der Waals surface area contributed by atoms with Gasteiger partial charge in [0.15, 0.2) is 0 Å². The van der Waals surface area contributed by atoms with Gasteiger partial charge in [-0.2, -0.15) is 0 Å². The number of carbonyl (C=O) groups is 1. The lowest BCUT2D eigenvalue weighted by molar-refractivity contribution is 0.0937. The van der Waals surface area contributed by atoms with Crippen molar-refractivity contribution < 1.29 is 14.3 Å². The van der Waals surface area contributed by atoms with Gasteiger partial charge in [-0.1, -0.05) is 28.1 Å². The molecule has 0 fully saturated rings. The first-order valence-electron chi connectivity index (χ1n) is 7.80. The van der Waals surface area contributed by atoms with Crippen molar-refractivity contribution >= 4 is 21.8 Å². The third-order valence-electron chi connectivity index (χ3n) is 3.77. The fourth-order valence-electron chi connectivity index (χ4n) is 2.35. The molecule has 2 aromatic carbocycles. The van der Waals surface area contributed by atoms with E-state index in [1.807, 2.05) is 19.1 Å². The fourth-order valence-corrected chi connectivity index (χ4v) is 2.62. The summed E-state index contributed by atoms with van der Waals surface area (Å²) in [4.78, 5) is 12.4. The molecular weight excluding hydrogens is 370 g/mol. The summed E-state index contributed by atoms with van der Waals surface area (Å²) in [6.45, 7) is 2.01. The molecule has 0 bridgehead atoms. The summed E-state index contributed by atoms with van der Waals surface area (Å²) in [5.74, 6) is 1.07. The third kappa shape index (κ3) is 5.27. The smallest absolute Gasteiger partial charge is 0.251 e. The van der Waals surface area contributed by atoms with E-state index in [-0.39, 0.29) is 11.9 Å². The van der Waals surface area contributed by atoms with Crippen LogP contribution in [0.25, 0.3) is 0 Å². The van der Waals surface area contributed by atoms with Gasteiger partial charge in [0.2, 0.25) is 0 Å². The molecule has 1 amide bonds. The van der Waals surface area contributed by atoms with Gasteiger partial charge in [-0.05, 0) is 49.6 Å². The SMILES string of the molecule is COc1cc(OC)cc(C(=O)NC(C)CCc2ccc(Br)cc2)c1. The normalized spacial score (nSPS) is 11.7. The quantitative estimate of drug-likeness (QED) is 0.768. The fraction of sp³-hybridized carbons (Fsp3) is 0.316. The number of hydrogen-bond donors (Lipinski definition) is 1. The molecule has 5 heteroatoms. The highest BCUT2D eigenvalue weighted by molar-refractivity contribution is 9.10. The summed E-state index contributed by atoms with van der Waals surface area (Å²) in [6.07, 6.45) is 1.78. The zero-order chi connectivity index (χ0) is 17.5. The first-order chi connectivity index (χ1) is 11.5. The van der Waals surface area contributed by atoms with Crippen LogP contribution in [0.2, 0.25) is 0 Å². The van der Waals surface area contributed by atoms with Crippen molar-refractivity contribution in [2.45, 2.75) is 25.8 Å². The molecule has 4 nitrogen and oxygen atoms in total. The van der Waals surface area contributed by atoms with E-state index in [1.54, 1.807) is 32.4 Å². The van der Waals surface area contributed by atoms with Crippen LogP contribution in [0.1, 0.15) is 29.3 Å². The Morgan fingerprint density at radius 2 is 1.67 bits per heavy atom. The molecule has 0 saturated heterocycles. The maximum absolute atomic E-state index is 12.4. The highest BCUT2D eigenvalue weighted by Crippen LogP contribution is 2.22. The molecule has 0 aliphatic heterocycles. The van der Waals surface area contributed by atoms with Crippen LogP contribution in [0.15, 0.2) is 46.9 Å². The third-order valence-corrected chi connectivity index (χ3v) is 4.30. The minimum absolute atomic E-state index is 0.0679. The number of amides is 1. The molecule has 0 aliphatic carbocycles. The van der Waals surface area contributed by atoms with Gasteiger partial charge in [0.05, 0.1) is 14.2 Å². The second kappa shape index (κ2) is 8.73. The molecule has 0 spiro atoms. The van der Waals surface area contributed by atoms with Gasteiger partial charge in [-0.25, -0.2) is 0 Å². The number of hydrogen-bond acceptors (Lipinski definition) is 3. The number of rotatable bonds is 7. The van der Waals surface area contributed by atoms with E-state index in [4.69, 9.17) is 9.47 Å². The number of halogens is 1. The molecule has 1 N–H and O–H groups in total. The molecular formula is C19H22BrNO3. The second-order valence-corrected chi connectivity index (χ2v) is 6.56. The van der Waals surface area contributed by atoms with E-state index in [9.17, 15) is 4.79 Å². The summed E-state index contributed by atoms with van der Waals surface area (Å²) >= 11 is 3.43. The molecule has 2 rings (SSSR count). The van der Waals surface area contributed by atoms with Crippen molar-refractivity contribution in [1.82, 2.24) is 5.32 Å². The molecule has 0 saturated carbocycles. The molecule has 24 heavy (non-hydrogen) atoms. The van der Waals surface area contributed by atoms with Gasteiger partial charge in [0.25, 0.3) is 5.91 Å². The van der Waals surface area contributed by atoms with Crippen molar-refractivity contribution in [1.29, 1.82) is 0 Å². The zero-order valence-corrected chi connectivity index (χ0v) is 15.7. The first kappa shape index (κ1) is 18.3. The number of carbonyl (C=O) groups excluding carboxylic acids is 1. The Morgan fingerprint density at radius 1 is 1.08 bits per heavy atom. The van der Waals surface area contributed by atoms with Gasteiger partial charge in [0, 0.05) is 22.1 Å². The largest absolute Gasteiger partial charge is 0.497 e. The van der Waals surface area contributed by atoms with Crippen LogP contribution in [0.3, 0.4) is 0 Å². The maximum atomic E-state index is 12.4. The van der Waals surface area contributed by atoms with E-state index in [0.29, 0.717) is 17.1 Å². The topological polar surface area (TPSA) is 47.6 Å². The van der Waals surface area contributed by atoms with Crippen molar-refractivity contribution in [3.63, 3.8) is 0 Å². The molecule has 0 aliphatic rings. The van der Waals surface area contributed by atoms with Crippen LogP contribution in [0, 0.1) is 0 Å². The highest BCUT2D eigenvalue weighted by Gasteiger charge is 2.12. The van der Waals surface area contributed by atoms with Crippen LogP contribution in [0.4, 0.5) is 0 Å². The monoisotopic (exact) mass is 391 g/mol. The Labute approximate surface area is 151 Å². The number of benzene rings is 2. The molecule has 0 radical (unpaired) electrons. The van der Waals surface area contributed by atoms with Crippen molar-refractivity contribution in [3.05, 3.63) is 58.1 Å². The van der Waals surface area contributed by atoms with Crippen LogP contribution >= 0.6 is 15.9 Å². The first-order valence-corrected chi connectivity index (χ1v) is 8.59. The summed E-state index contributed by atoms with van der Waals surface area (Å²) < 4.78 is 11.5. The summed E-state index contributed by atoms with van der Waals surface area (Å²) in [6, 6.07) is 13.5. The maximum Gasteiger partial charge on any atom is 0.251 e. The number of nitrogens with one attached hydrogen (secondary N) is 1. The lowest BCUT2D eigenvalue weighted by Gasteiger charge is -2.15. The Balaban J connectivity index is 1.94. The average Bonchev–Trinajstić information content (AvgIpc) is 2.60. The van der Waals surface area contributed by atoms with Crippen molar-refractivity contribution in [3.8, 4) is 11.5 Å². The average molecular weight is 392 g/mol. The van der Waals surface area contributed by atoms with Gasteiger partial charge in [0.1, 0.15) is 11.5 Å². The molecule has 0 heterocycles. The second-order valence-electron chi connectivity index (χ2n) is 5.64. The number of aryl methyl sites for hydroxylation is 1. The van der Waals surface area contributed by atoms with Crippen LogP contribution in [0.5, 0.6) is 11.5 Å². The molecule has 128 valence electrons. The zero-order valence-electron chi connectivity index (χ0n) is 14.1. The Bertz CT molecular complexity index is 663. The summed E-state index contributed by atoms with van der Waals surface area (Å²) in [5, 5.41) is 3.02. The van der Waals surface area contributed by atoms with E-state index >= 15 is 0 Å². The van der Waals surface area contributed by atoms with E-state index in [2.05, 4.69) is 33.4 Å². The molecule has 1 unspecified atom stereocenters. The van der Waals surface area contributed by atoms with Crippen molar-refractivity contribution in [2.75, 3.05) is 14.2 Å². The molecule has 1 atom stereocenters. The molecule has 0 aromatic heterocycles. The van der Waals surface area contributed by atoms with E-state index in [1.165, 1.54) is 5.56 Å². The predicted octanol–water partition coefficient (Wildman–Crippen LogP) is 4.22. The number of ether oxygens (including phenoxy) is 2. The standard InChI is InChI=1S/C19H22BrNO3/c1-13(4-5-14-6-8-16(20)9-7-14)21-19(22)15-10-17(23-2)12-18(11-15)24-3/h6-13H,4-5H2,1-3H3,(H,21,22). The summed E-state index contributed by atoms with van der Waals surface area (Å²) in [5.41, 5.74) is 1.78. The van der Waals surface area contributed by atoms with E-state index in [0.717, 1.165) is 17.3 Å². The van der Waals surface area contributed by atoms with Gasteiger partial charge in [-0.15, -0.1) is 0 Å². The Kier molecular flexibility index (Phi) is 6.67. The Morgan fingerprint density at radius 3 is 2.21 bits per heavy atom. The van der Waals surface area contributed by atoms with E-state index < -0.39 is 0 Å². The Hall–Kier alpha value is -2.01. The van der Waals surface area contributed by atoms with Gasteiger partial charge < -0.3 is 14.8 Å².